The van der Waals surface area contributed by atoms with Gasteiger partial charge in [0.15, 0.2) is 0 Å². The van der Waals surface area contributed by atoms with E-state index in [1.807, 2.05) is 19.1 Å². The van der Waals surface area contributed by atoms with Gasteiger partial charge in [-0.1, -0.05) is 35.9 Å². The number of aryl methyl sites for hydroxylation is 1. The van der Waals surface area contributed by atoms with Gasteiger partial charge < -0.3 is 10.6 Å². The molecule has 1 heterocycles. The molecule has 0 bridgehead atoms. The summed E-state index contributed by atoms with van der Waals surface area (Å²) in [5, 5.41) is 5.73. The Balaban J connectivity index is 1.69. The van der Waals surface area contributed by atoms with Crippen molar-refractivity contribution in [1.82, 2.24) is 10.2 Å². The Morgan fingerprint density at radius 3 is 2.62 bits per heavy atom. The molecule has 0 aliphatic carbocycles. The van der Waals surface area contributed by atoms with Crippen molar-refractivity contribution in [3.63, 3.8) is 0 Å². The van der Waals surface area contributed by atoms with Crippen LogP contribution < -0.4 is 10.6 Å². The first-order chi connectivity index (χ1) is 12.4. The van der Waals surface area contributed by atoms with Gasteiger partial charge in [-0.15, -0.1) is 0 Å². The normalized spacial score (nSPS) is 15.3. The molecule has 6 nitrogen and oxygen atoms in total. The highest BCUT2D eigenvalue weighted by atomic mass is 35.5. The molecular weight excluding hydrogens is 354 g/mol. The highest BCUT2D eigenvalue weighted by Crippen LogP contribution is 2.16. The molecule has 1 aliphatic rings. The number of imide groups is 1. The third-order valence-corrected chi connectivity index (χ3v) is 4.00. The van der Waals surface area contributed by atoms with Crippen LogP contribution >= 0.6 is 11.6 Å². The molecule has 4 amide bonds. The van der Waals surface area contributed by atoms with Crippen molar-refractivity contribution >= 4 is 41.2 Å². The fraction of sp³-hybridized carbons (Fsp3) is 0.105. The summed E-state index contributed by atoms with van der Waals surface area (Å²) in [5.41, 5.74) is 2.43. The van der Waals surface area contributed by atoms with E-state index in [1.54, 1.807) is 36.4 Å². The van der Waals surface area contributed by atoms with Gasteiger partial charge in [0.1, 0.15) is 12.2 Å². The number of carbonyl (C=O) groups is 3. The minimum Gasteiger partial charge on any atom is -0.325 e. The fourth-order valence-electron chi connectivity index (χ4n) is 2.51. The Hall–Kier alpha value is -3.12. The van der Waals surface area contributed by atoms with Gasteiger partial charge in [-0.25, -0.2) is 9.69 Å². The van der Waals surface area contributed by atoms with Gasteiger partial charge in [0.05, 0.1) is 0 Å². The second-order valence-electron chi connectivity index (χ2n) is 5.85. The van der Waals surface area contributed by atoms with Crippen LogP contribution in [0.1, 0.15) is 11.1 Å². The first kappa shape index (κ1) is 17.7. The van der Waals surface area contributed by atoms with E-state index in [4.69, 9.17) is 11.6 Å². The molecule has 0 aromatic heterocycles. The SMILES string of the molecule is Cc1cccc(NC(=O)CN2C(=O)N/C(=C\c3ccc(Cl)cc3)C2=O)c1. The lowest BCUT2D eigenvalue weighted by molar-refractivity contribution is -0.127. The Morgan fingerprint density at radius 1 is 1.19 bits per heavy atom. The summed E-state index contributed by atoms with van der Waals surface area (Å²) < 4.78 is 0. The maximum Gasteiger partial charge on any atom is 0.329 e. The zero-order valence-corrected chi connectivity index (χ0v) is 14.7. The van der Waals surface area contributed by atoms with Crippen molar-refractivity contribution in [3.8, 4) is 0 Å². The maximum absolute atomic E-state index is 12.4. The molecule has 1 aliphatic heterocycles. The van der Waals surface area contributed by atoms with E-state index in [0.717, 1.165) is 10.5 Å². The average molecular weight is 370 g/mol. The fourth-order valence-corrected chi connectivity index (χ4v) is 2.63. The molecule has 2 aromatic rings. The molecule has 1 fully saturated rings. The summed E-state index contributed by atoms with van der Waals surface area (Å²) >= 11 is 5.83. The number of hydrogen-bond acceptors (Lipinski definition) is 3. The van der Waals surface area contributed by atoms with Crippen LogP contribution in [-0.2, 0) is 9.59 Å². The van der Waals surface area contributed by atoms with Crippen LogP contribution in [-0.4, -0.2) is 29.3 Å². The molecule has 132 valence electrons. The summed E-state index contributed by atoms with van der Waals surface area (Å²) in [6.07, 6.45) is 1.54. The first-order valence-corrected chi connectivity index (χ1v) is 8.27. The second kappa shape index (κ2) is 7.41. The predicted molar refractivity (Wildman–Crippen MR) is 99.5 cm³/mol. The van der Waals surface area contributed by atoms with E-state index in [-0.39, 0.29) is 12.2 Å². The molecule has 26 heavy (non-hydrogen) atoms. The first-order valence-electron chi connectivity index (χ1n) is 7.89. The standard InChI is InChI=1S/C19H16ClN3O3/c1-12-3-2-4-15(9-12)21-17(24)11-23-18(25)16(22-19(23)26)10-13-5-7-14(20)8-6-13/h2-10H,11H2,1H3,(H,21,24)(H,22,26)/b16-10-. The van der Waals surface area contributed by atoms with Gasteiger partial charge in [0, 0.05) is 10.7 Å². The molecule has 0 atom stereocenters. The van der Waals surface area contributed by atoms with Crippen molar-refractivity contribution in [3.05, 3.63) is 70.4 Å². The zero-order valence-electron chi connectivity index (χ0n) is 14.0. The van der Waals surface area contributed by atoms with Gasteiger partial charge in [-0.2, -0.15) is 0 Å². The zero-order chi connectivity index (χ0) is 18.7. The number of anilines is 1. The highest BCUT2D eigenvalue weighted by molar-refractivity contribution is 6.30. The van der Waals surface area contributed by atoms with Crippen LogP contribution in [0.15, 0.2) is 54.2 Å². The molecule has 0 unspecified atom stereocenters. The molecule has 2 N–H and O–H groups in total. The highest BCUT2D eigenvalue weighted by Gasteiger charge is 2.34. The summed E-state index contributed by atoms with van der Waals surface area (Å²) in [5.74, 6) is -1.00. The van der Waals surface area contributed by atoms with Crippen LogP contribution in [0.25, 0.3) is 6.08 Å². The molecular formula is C19H16ClN3O3. The van der Waals surface area contributed by atoms with E-state index < -0.39 is 17.8 Å². The van der Waals surface area contributed by atoms with E-state index in [2.05, 4.69) is 10.6 Å². The van der Waals surface area contributed by atoms with Gasteiger partial charge in [-0.05, 0) is 48.4 Å². The summed E-state index contributed by atoms with van der Waals surface area (Å²) in [4.78, 5) is 37.5. The Morgan fingerprint density at radius 2 is 1.92 bits per heavy atom. The lowest BCUT2D eigenvalue weighted by Gasteiger charge is -2.12. The average Bonchev–Trinajstić information content (AvgIpc) is 2.84. The van der Waals surface area contributed by atoms with Crippen molar-refractivity contribution in [2.75, 3.05) is 11.9 Å². The lowest BCUT2D eigenvalue weighted by atomic mass is 10.2. The largest absolute Gasteiger partial charge is 0.329 e. The van der Waals surface area contributed by atoms with Crippen LogP contribution in [0.5, 0.6) is 0 Å². The molecule has 7 heteroatoms. The minimum atomic E-state index is -0.630. The number of nitrogens with one attached hydrogen (secondary N) is 2. The smallest absolute Gasteiger partial charge is 0.325 e. The molecule has 1 saturated heterocycles. The van der Waals surface area contributed by atoms with Gasteiger partial charge >= 0.3 is 6.03 Å². The Bertz CT molecular complexity index is 907. The van der Waals surface area contributed by atoms with E-state index in [0.29, 0.717) is 16.3 Å². The van der Waals surface area contributed by atoms with Crippen molar-refractivity contribution in [1.29, 1.82) is 0 Å². The Kier molecular flexibility index (Phi) is 5.04. The van der Waals surface area contributed by atoms with Gasteiger partial charge in [0.2, 0.25) is 5.91 Å². The molecule has 3 rings (SSSR count). The lowest BCUT2D eigenvalue weighted by Crippen LogP contribution is -2.38. The van der Waals surface area contributed by atoms with Crippen LogP contribution in [0, 0.1) is 6.92 Å². The summed E-state index contributed by atoms with van der Waals surface area (Å²) in [7, 11) is 0. The van der Waals surface area contributed by atoms with Crippen molar-refractivity contribution in [2.45, 2.75) is 6.92 Å². The number of amides is 4. The quantitative estimate of drug-likeness (QED) is 0.641. The Labute approximate surface area is 155 Å². The van der Waals surface area contributed by atoms with Gasteiger partial charge in [0.25, 0.3) is 5.91 Å². The second-order valence-corrected chi connectivity index (χ2v) is 6.29. The molecule has 0 radical (unpaired) electrons. The number of carbonyl (C=O) groups excluding carboxylic acids is 3. The minimum absolute atomic E-state index is 0.112. The predicted octanol–water partition coefficient (Wildman–Crippen LogP) is 3.18. The molecule has 0 spiro atoms. The number of rotatable bonds is 4. The van der Waals surface area contributed by atoms with E-state index >= 15 is 0 Å². The third-order valence-electron chi connectivity index (χ3n) is 3.75. The van der Waals surface area contributed by atoms with Crippen molar-refractivity contribution < 1.29 is 14.4 Å². The van der Waals surface area contributed by atoms with Crippen LogP contribution in [0.4, 0.5) is 10.5 Å². The van der Waals surface area contributed by atoms with Crippen LogP contribution in [0.2, 0.25) is 5.02 Å². The molecule has 0 saturated carbocycles. The maximum atomic E-state index is 12.4. The number of benzene rings is 2. The monoisotopic (exact) mass is 369 g/mol. The van der Waals surface area contributed by atoms with Gasteiger partial charge in [-0.3, -0.25) is 9.59 Å². The van der Waals surface area contributed by atoms with E-state index in [9.17, 15) is 14.4 Å². The van der Waals surface area contributed by atoms with Crippen LogP contribution in [0.3, 0.4) is 0 Å². The molecule has 2 aromatic carbocycles. The van der Waals surface area contributed by atoms with Crippen molar-refractivity contribution in [2.24, 2.45) is 0 Å². The number of hydrogen-bond donors (Lipinski definition) is 2. The number of urea groups is 1. The topological polar surface area (TPSA) is 78.5 Å². The summed E-state index contributed by atoms with van der Waals surface area (Å²) in [6, 6.07) is 13.4. The summed E-state index contributed by atoms with van der Waals surface area (Å²) in [6.45, 7) is 1.54. The number of halogens is 1. The number of nitrogens with zero attached hydrogens (tertiary/aromatic N) is 1. The van der Waals surface area contributed by atoms with E-state index in [1.165, 1.54) is 6.08 Å². The third kappa shape index (κ3) is 4.10.